The second-order valence-corrected chi connectivity index (χ2v) is 12.2. The van der Waals surface area contributed by atoms with E-state index in [0.29, 0.717) is 24.0 Å². The van der Waals surface area contributed by atoms with E-state index in [2.05, 4.69) is 27.4 Å². The van der Waals surface area contributed by atoms with Gasteiger partial charge in [-0.2, -0.15) is 5.26 Å². The maximum Gasteiger partial charge on any atom is 0.344 e. The van der Waals surface area contributed by atoms with Crippen LogP contribution >= 0.6 is 0 Å². The Morgan fingerprint density at radius 2 is 1.90 bits per heavy atom. The van der Waals surface area contributed by atoms with E-state index in [4.69, 9.17) is 14.7 Å². The number of nitrogens with zero attached hydrogens (tertiary/aromatic N) is 1. The van der Waals surface area contributed by atoms with Gasteiger partial charge in [0.2, 0.25) is 0 Å². The Bertz CT molecular complexity index is 1210. The van der Waals surface area contributed by atoms with Crippen LogP contribution < -0.4 is 0 Å². The Morgan fingerprint density at radius 1 is 1.21 bits per heavy atom. The summed E-state index contributed by atoms with van der Waals surface area (Å²) in [6.45, 7) is 11.6. The quantitative estimate of drug-likeness (QED) is 0.310. The first-order valence-corrected chi connectivity index (χ1v) is 13.8. The van der Waals surface area contributed by atoms with Crippen LogP contribution in [0, 0.1) is 45.3 Å². The molecule has 3 saturated carbocycles. The molecular formula is C32H39NO6. The molecule has 7 nitrogen and oxygen atoms in total. The van der Waals surface area contributed by atoms with Crippen molar-refractivity contribution in [1.29, 1.82) is 5.26 Å². The molecule has 0 spiro atoms. The third-order valence-electron chi connectivity index (χ3n) is 10.4. The Morgan fingerprint density at radius 3 is 2.54 bits per heavy atom. The van der Waals surface area contributed by atoms with Crippen LogP contribution in [-0.2, 0) is 23.9 Å². The minimum atomic E-state index is -0.743. The third kappa shape index (κ3) is 4.96. The molecule has 7 heteroatoms. The fraction of sp³-hybridized carbons (Fsp3) is 0.562. The van der Waals surface area contributed by atoms with Crippen LogP contribution in [0.5, 0.6) is 0 Å². The highest BCUT2D eigenvalue weighted by Gasteiger charge is 2.68. The summed E-state index contributed by atoms with van der Waals surface area (Å²) in [6, 6.07) is 8.72. The summed E-state index contributed by atoms with van der Waals surface area (Å²) >= 11 is 0. The van der Waals surface area contributed by atoms with Gasteiger partial charge < -0.3 is 14.6 Å². The predicted molar refractivity (Wildman–Crippen MR) is 146 cm³/mol. The van der Waals surface area contributed by atoms with Crippen molar-refractivity contribution in [1.82, 2.24) is 0 Å². The maximum absolute atomic E-state index is 13.5. The van der Waals surface area contributed by atoms with E-state index in [-0.39, 0.29) is 29.0 Å². The summed E-state index contributed by atoms with van der Waals surface area (Å²) in [5.74, 6) is -1.51. The number of aliphatic hydroxyl groups excluding tert-OH is 1. The summed E-state index contributed by atoms with van der Waals surface area (Å²) in [4.78, 5) is 38.8. The Hall–Kier alpha value is -3.24. The minimum absolute atomic E-state index is 0.107. The van der Waals surface area contributed by atoms with Crippen LogP contribution in [0.1, 0.15) is 70.9 Å². The lowest BCUT2D eigenvalue weighted by molar-refractivity contribution is -0.208. The van der Waals surface area contributed by atoms with Gasteiger partial charge in [-0.15, -0.1) is 6.58 Å². The number of esters is 2. The molecule has 1 aromatic carbocycles. The summed E-state index contributed by atoms with van der Waals surface area (Å²) in [7, 11) is 0. The molecule has 3 aliphatic carbocycles. The van der Waals surface area contributed by atoms with Gasteiger partial charge in [0.15, 0.2) is 6.61 Å². The average molecular weight is 534 g/mol. The topological polar surface area (TPSA) is 114 Å². The molecule has 0 aliphatic heterocycles. The molecule has 3 aliphatic rings. The number of carbonyl (C=O) groups is 3. The molecule has 4 rings (SSSR count). The number of carbonyl (C=O) groups excluding carboxylic acids is 3. The lowest BCUT2D eigenvalue weighted by Gasteiger charge is -2.61. The normalized spacial score (nSPS) is 37.7. The predicted octanol–water partition coefficient (Wildman–Crippen LogP) is 5.02. The van der Waals surface area contributed by atoms with Crippen molar-refractivity contribution < 1.29 is 29.0 Å². The first-order valence-electron chi connectivity index (χ1n) is 13.8. The molecule has 2 bridgehead atoms. The largest absolute Gasteiger partial charge is 0.459 e. The van der Waals surface area contributed by atoms with Gasteiger partial charge in [-0.3, -0.25) is 4.79 Å². The smallest absolute Gasteiger partial charge is 0.344 e. The number of ketones is 1. The van der Waals surface area contributed by atoms with E-state index in [1.165, 1.54) is 12.2 Å². The molecule has 0 radical (unpaired) electrons. The van der Waals surface area contributed by atoms with Crippen LogP contribution in [0.25, 0.3) is 6.08 Å². The van der Waals surface area contributed by atoms with E-state index >= 15 is 0 Å². The number of hydrogen-bond donors (Lipinski definition) is 1. The van der Waals surface area contributed by atoms with Crippen molar-refractivity contribution in [2.24, 2.45) is 34.0 Å². The van der Waals surface area contributed by atoms with Crippen molar-refractivity contribution in [2.75, 3.05) is 6.61 Å². The van der Waals surface area contributed by atoms with Crippen molar-refractivity contribution in [3.05, 3.63) is 54.1 Å². The van der Waals surface area contributed by atoms with Crippen LogP contribution in [-0.4, -0.2) is 41.6 Å². The first kappa shape index (κ1) is 28.8. The molecular weight excluding hydrogens is 494 g/mol. The van der Waals surface area contributed by atoms with Gasteiger partial charge in [0, 0.05) is 29.2 Å². The highest BCUT2D eigenvalue weighted by atomic mass is 16.6. The van der Waals surface area contributed by atoms with E-state index in [1.54, 1.807) is 30.3 Å². The zero-order valence-electron chi connectivity index (χ0n) is 23.3. The SMILES string of the molecule is C=C[C@]1(C)C[C@@H](OC(=O)COC(=O)/C=C/c2ccc(C#N)cc2)[C@]2(C)[C@H](C)CC[C@]3(CCC(=O)[C@H]32)[C@@H](C)[C@@H]1O. The molecule has 39 heavy (non-hydrogen) atoms. The fourth-order valence-corrected chi connectivity index (χ4v) is 7.71. The summed E-state index contributed by atoms with van der Waals surface area (Å²) in [5.41, 5.74) is -0.482. The number of Topliss-reactive ketones (excluding diaryl/α,β-unsaturated/α-hetero) is 1. The third-order valence-corrected chi connectivity index (χ3v) is 10.4. The molecule has 0 amide bonds. The Balaban J connectivity index is 1.54. The van der Waals surface area contributed by atoms with Crippen LogP contribution in [0.3, 0.4) is 0 Å². The molecule has 0 aromatic heterocycles. The van der Waals surface area contributed by atoms with Gasteiger partial charge in [0.1, 0.15) is 11.9 Å². The van der Waals surface area contributed by atoms with E-state index in [0.717, 1.165) is 19.3 Å². The summed E-state index contributed by atoms with van der Waals surface area (Å²) in [6.07, 6.45) is 6.36. The molecule has 208 valence electrons. The minimum Gasteiger partial charge on any atom is -0.459 e. The average Bonchev–Trinajstić information content (AvgIpc) is 3.29. The molecule has 3 fully saturated rings. The van der Waals surface area contributed by atoms with E-state index < -0.39 is 41.6 Å². The second kappa shape index (κ2) is 10.7. The Labute approximate surface area is 230 Å². The number of benzene rings is 1. The van der Waals surface area contributed by atoms with E-state index in [9.17, 15) is 19.5 Å². The van der Waals surface area contributed by atoms with Gasteiger partial charge in [0.25, 0.3) is 0 Å². The standard InChI is InChI=1S/C32H39NO6/c1-6-30(4)17-25(39-27(36)19-38-26(35)12-11-22-7-9-23(18-33)10-8-22)31(5)20(2)13-15-32(21(3)29(30)37)16-14-24(34)28(31)32/h6-12,20-21,25,28-29,37H,1,13-17,19H2,2-5H3/b12-11+/t20-,21+,25-,28+,29+,30-,31+,32+/m1/s1. The number of hydrogen-bond acceptors (Lipinski definition) is 7. The molecule has 1 N–H and O–H groups in total. The zero-order valence-corrected chi connectivity index (χ0v) is 23.3. The summed E-state index contributed by atoms with van der Waals surface area (Å²) in [5, 5.41) is 20.5. The van der Waals surface area contributed by atoms with Gasteiger partial charge in [0.05, 0.1) is 17.7 Å². The van der Waals surface area contributed by atoms with Crippen LogP contribution in [0.2, 0.25) is 0 Å². The van der Waals surface area contributed by atoms with Gasteiger partial charge in [-0.05, 0) is 66.7 Å². The van der Waals surface area contributed by atoms with Gasteiger partial charge in [-0.1, -0.05) is 45.9 Å². The van der Waals surface area contributed by atoms with Crippen molar-refractivity contribution >= 4 is 23.8 Å². The second-order valence-electron chi connectivity index (χ2n) is 12.2. The number of ether oxygens (including phenoxy) is 2. The number of rotatable bonds is 6. The number of nitriles is 1. The first-order chi connectivity index (χ1) is 18.4. The molecule has 0 unspecified atom stereocenters. The van der Waals surface area contributed by atoms with Crippen molar-refractivity contribution in [2.45, 2.75) is 72.0 Å². The fourth-order valence-electron chi connectivity index (χ4n) is 7.71. The summed E-state index contributed by atoms with van der Waals surface area (Å²) < 4.78 is 11.2. The molecule has 8 atom stereocenters. The van der Waals surface area contributed by atoms with Crippen LogP contribution in [0.4, 0.5) is 0 Å². The molecule has 0 saturated heterocycles. The van der Waals surface area contributed by atoms with Crippen molar-refractivity contribution in [3.8, 4) is 6.07 Å². The number of aliphatic hydroxyl groups is 1. The lowest BCUT2D eigenvalue weighted by atomic mass is 9.44. The highest BCUT2D eigenvalue weighted by Crippen LogP contribution is 2.67. The zero-order chi connectivity index (χ0) is 28.6. The van der Waals surface area contributed by atoms with Crippen molar-refractivity contribution in [3.63, 3.8) is 0 Å². The van der Waals surface area contributed by atoms with Gasteiger partial charge in [-0.25, -0.2) is 9.59 Å². The Kier molecular flexibility index (Phi) is 7.91. The lowest BCUT2D eigenvalue weighted by Crippen LogP contribution is -2.63. The monoisotopic (exact) mass is 533 g/mol. The molecule has 0 heterocycles. The maximum atomic E-state index is 13.5. The molecule has 1 aromatic rings. The van der Waals surface area contributed by atoms with Crippen LogP contribution in [0.15, 0.2) is 43.0 Å². The van der Waals surface area contributed by atoms with Gasteiger partial charge >= 0.3 is 11.9 Å². The van der Waals surface area contributed by atoms with E-state index in [1.807, 2.05) is 13.0 Å². The highest BCUT2D eigenvalue weighted by molar-refractivity contribution is 5.88.